The zero-order chi connectivity index (χ0) is 11.5. The lowest BCUT2D eigenvalue weighted by Gasteiger charge is -2.39. The van der Waals surface area contributed by atoms with Crippen LogP contribution in [0.5, 0.6) is 0 Å². The van der Waals surface area contributed by atoms with Crippen molar-refractivity contribution in [2.45, 2.75) is 70.5 Å². The minimum atomic E-state index is 0. The van der Waals surface area contributed by atoms with Gasteiger partial charge in [-0.15, -0.1) is 12.4 Å². The summed E-state index contributed by atoms with van der Waals surface area (Å²) in [6.07, 6.45) is 6.72. The molecule has 3 atom stereocenters. The van der Waals surface area contributed by atoms with Crippen LogP contribution in [0.4, 0.5) is 0 Å². The van der Waals surface area contributed by atoms with Crippen molar-refractivity contribution in [2.75, 3.05) is 6.54 Å². The average Bonchev–Trinajstić information content (AvgIpc) is 2.70. The lowest BCUT2D eigenvalue weighted by atomic mass is 9.96. The summed E-state index contributed by atoms with van der Waals surface area (Å²) in [7, 11) is 0. The first-order chi connectivity index (χ1) is 7.68. The number of nitrogens with zero attached hydrogens (tertiary/aromatic N) is 1. The molecule has 1 N–H and O–H groups in total. The number of hydrogen-bond acceptors (Lipinski definition) is 2. The Morgan fingerprint density at radius 2 is 1.82 bits per heavy atom. The largest absolute Gasteiger partial charge is 0.337 e. The fourth-order valence-corrected chi connectivity index (χ4v) is 3.16. The molecule has 0 aromatic heterocycles. The highest BCUT2D eigenvalue weighted by molar-refractivity contribution is 5.85. The van der Waals surface area contributed by atoms with Crippen molar-refractivity contribution in [1.82, 2.24) is 10.2 Å². The van der Waals surface area contributed by atoms with Gasteiger partial charge in [0.25, 0.3) is 0 Å². The first-order valence-corrected chi connectivity index (χ1v) is 6.73. The molecule has 0 radical (unpaired) electrons. The number of nitrogens with one attached hydrogen (secondary N) is 1. The first-order valence-electron chi connectivity index (χ1n) is 6.73. The van der Waals surface area contributed by atoms with Crippen LogP contribution in [0.15, 0.2) is 0 Å². The predicted molar refractivity (Wildman–Crippen MR) is 72.5 cm³/mol. The highest BCUT2D eigenvalue weighted by atomic mass is 35.5. The van der Waals surface area contributed by atoms with Crippen LogP contribution in [0.25, 0.3) is 0 Å². The topological polar surface area (TPSA) is 32.3 Å². The highest BCUT2D eigenvalue weighted by Gasteiger charge is 2.30. The molecule has 2 fully saturated rings. The zero-order valence-corrected chi connectivity index (χ0v) is 11.8. The molecular weight excluding hydrogens is 236 g/mol. The Bertz CT molecular complexity index is 244. The lowest BCUT2D eigenvalue weighted by molar-refractivity contribution is -0.137. The molecule has 2 rings (SSSR count). The molecule has 0 saturated carbocycles. The maximum Gasteiger partial charge on any atom is 0.224 e. The monoisotopic (exact) mass is 260 g/mol. The van der Waals surface area contributed by atoms with Crippen LogP contribution in [0, 0.1) is 0 Å². The molecule has 4 heteroatoms. The average molecular weight is 261 g/mol. The van der Waals surface area contributed by atoms with Gasteiger partial charge in [0.1, 0.15) is 0 Å². The van der Waals surface area contributed by atoms with E-state index in [4.69, 9.17) is 0 Å². The summed E-state index contributed by atoms with van der Waals surface area (Å²) in [5.74, 6) is 0.360. The molecule has 0 aromatic rings. The molecule has 3 nitrogen and oxygen atoms in total. The van der Waals surface area contributed by atoms with Crippen LogP contribution in [-0.2, 0) is 4.79 Å². The van der Waals surface area contributed by atoms with E-state index in [1.165, 1.54) is 32.1 Å². The van der Waals surface area contributed by atoms with Crippen molar-refractivity contribution in [3.05, 3.63) is 0 Å². The molecule has 0 bridgehead atoms. The Hall–Kier alpha value is -0.280. The van der Waals surface area contributed by atoms with Gasteiger partial charge in [-0.1, -0.05) is 0 Å². The number of rotatable bonds is 2. The number of likely N-dealkylation sites (tertiary alicyclic amines) is 1. The molecule has 0 aromatic carbocycles. The van der Waals surface area contributed by atoms with Gasteiger partial charge < -0.3 is 10.2 Å². The number of halogens is 1. The number of carbonyl (C=O) groups is 1. The Balaban J connectivity index is 0.00000144. The molecule has 1 amide bonds. The van der Waals surface area contributed by atoms with Crippen LogP contribution in [0.3, 0.4) is 0 Å². The van der Waals surface area contributed by atoms with Crippen LogP contribution >= 0.6 is 12.4 Å². The molecular formula is C13H25ClN2O. The van der Waals surface area contributed by atoms with Crippen molar-refractivity contribution in [2.24, 2.45) is 0 Å². The minimum Gasteiger partial charge on any atom is -0.337 e. The van der Waals surface area contributed by atoms with Crippen LogP contribution in [0.1, 0.15) is 52.4 Å². The third-order valence-electron chi connectivity index (χ3n) is 4.06. The summed E-state index contributed by atoms with van der Waals surface area (Å²) in [4.78, 5) is 14.4. The van der Waals surface area contributed by atoms with Gasteiger partial charge >= 0.3 is 0 Å². The van der Waals surface area contributed by atoms with E-state index in [9.17, 15) is 4.79 Å². The standard InChI is InChI=1S/C13H24N2O.ClH/c1-10-5-3-6-11(2)15(10)13(16)9-12-7-4-8-14-12;/h10-12,14H,3-9H2,1-2H3;1H. The summed E-state index contributed by atoms with van der Waals surface area (Å²) in [6, 6.07) is 1.32. The molecule has 100 valence electrons. The Labute approximate surface area is 111 Å². The highest BCUT2D eigenvalue weighted by Crippen LogP contribution is 2.24. The third kappa shape index (κ3) is 3.59. The normalized spacial score (nSPS) is 33.3. The Morgan fingerprint density at radius 3 is 2.35 bits per heavy atom. The van der Waals surface area contributed by atoms with E-state index in [0.717, 1.165) is 6.54 Å². The Morgan fingerprint density at radius 1 is 1.18 bits per heavy atom. The van der Waals surface area contributed by atoms with Crippen LogP contribution in [0.2, 0.25) is 0 Å². The maximum absolute atomic E-state index is 12.3. The van der Waals surface area contributed by atoms with Crippen molar-refractivity contribution < 1.29 is 4.79 Å². The Kier molecular flexibility index (Phi) is 5.74. The SMILES string of the molecule is CC1CCCC(C)N1C(=O)CC1CCCN1.Cl. The van der Waals surface area contributed by atoms with E-state index in [-0.39, 0.29) is 12.4 Å². The fraction of sp³-hybridized carbons (Fsp3) is 0.923. The third-order valence-corrected chi connectivity index (χ3v) is 4.06. The molecule has 2 saturated heterocycles. The van der Waals surface area contributed by atoms with Gasteiger partial charge in [-0.2, -0.15) is 0 Å². The number of hydrogen-bond donors (Lipinski definition) is 1. The van der Waals surface area contributed by atoms with Gasteiger partial charge in [0.2, 0.25) is 5.91 Å². The van der Waals surface area contributed by atoms with Gasteiger partial charge in [-0.05, 0) is 52.5 Å². The molecule has 0 spiro atoms. The zero-order valence-electron chi connectivity index (χ0n) is 10.9. The van der Waals surface area contributed by atoms with Gasteiger partial charge in [-0.3, -0.25) is 4.79 Å². The summed E-state index contributed by atoms with van der Waals surface area (Å²) >= 11 is 0. The van der Waals surface area contributed by atoms with E-state index in [2.05, 4.69) is 24.1 Å². The van der Waals surface area contributed by atoms with Crippen molar-refractivity contribution in [3.8, 4) is 0 Å². The van der Waals surface area contributed by atoms with Crippen LogP contribution in [-0.4, -0.2) is 35.5 Å². The van der Waals surface area contributed by atoms with Crippen molar-refractivity contribution in [1.29, 1.82) is 0 Å². The number of carbonyl (C=O) groups excluding carboxylic acids is 1. The van der Waals surface area contributed by atoms with Crippen molar-refractivity contribution >= 4 is 18.3 Å². The predicted octanol–water partition coefficient (Wildman–Crippen LogP) is 2.34. The molecule has 2 aliphatic heterocycles. The molecule has 2 aliphatic rings. The van der Waals surface area contributed by atoms with E-state index >= 15 is 0 Å². The van der Waals surface area contributed by atoms with Crippen molar-refractivity contribution in [3.63, 3.8) is 0 Å². The second kappa shape index (κ2) is 6.60. The van der Waals surface area contributed by atoms with E-state index in [1.807, 2.05) is 0 Å². The van der Waals surface area contributed by atoms with Gasteiger partial charge in [-0.25, -0.2) is 0 Å². The van der Waals surface area contributed by atoms with E-state index in [1.54, 1.807) is 0 Å². The number of amides is 1. The fourth-order valence-electron chi connectivity index (χ4n) is 3.16. The minimum absolute atomic E-state index is 0. The second-order valence-electron chi connectivity index (χ2n) is 5.43. The van der Waals surface area contributed by atoms with E-state index in [0.29, 0.717) is 30.5 Å². The van der Waals surface area contributed by atoms with Crippen LogP contribution < -0.4 is 5.32 Å². The quantitative estimate of drug-likeness (QED) is 0.827. The van der Waals surface area contributed by atoms with Gasteiger partial charge in [0.15, 0.2) is 0 Å². The number of piperidine rings is 1. The van der Waals surface area contributed by atoms with Gasteiger partial charge in [0, 0.05) is 24.5 Å². The smallest absolute Gasteiger partial charge is 0.224 e. The summed E-state index contributed by atoms with van der Waals surface area (Å²) in [6.45, 7) is 5.47. The molecule has 0 aliphatic carbocycles. The summed E-state index contributed by atoms with van der Waals surface area (Å²) < 4.78 is 0. The molecule has 3 unspecified atom stereocenters. The molecule has 2 heterocycles. The second-order valence-corrected chi connectivity index (χ2v) is 5.43. The molecule has 17 heavy (non-hydrogen) atoms. The van der Waals surface area contributed by atoms with E-state index < -0.39 is 0 Å². The summed E-state index contributed by atoms with van der Waals surface area (Å²) in [5.41, 5.74) is 0. The maximum atomic E-state index is 12.3. The first kappa shape index (κ1) is 14.8. The lowest BCUT2D eigenvalue weighted by Crippen LogP contribution is -2.48. The summed E-state index contributed by atoms with van der Waals surface area (Å²) in [5, 5.41) is 3.41. The van der Waals surface area contributed by atoms with Gasteiger partial charge in [0.05, 0.1) is 0 Å².